The van der Waals surface area contributed by atoms with Crippen molar-refractivity contribution in [1.82, 2.24) is 4.90 Å². The Bertz CT molecular complexity index is 868. The number of amides is 1. The van der Waals surface area contributed by atoms with Crippen LogP contribution < -0.4 is 9.80 Å². The molecule has 0 radical (unpaired) electrons. The third kappa shape index (κ3) is 5.31. The molecule has 2 saturated heterocycles. The third-order valence-electron chi connectivity index (χ3n) is 5.96. The summed E-state index contributed by atoms with van der Waals surface area (Å²) in [6.07, 6.45) is 4.44. The van der Waals surface area contributed by atoms with Crippen LogP contribution in [0.4, 0.5) is 4.39 Å². The molecule has 2 fully saturated rings. The highest BCUT2D eigenvalue weighted by Gasteiger charge is 2.34. The van der Waals surface area contributed by atoms with E-state index in [0.29, 0.717) is 18.7 Å². The van der Waals surface area contributed by atoms with Gasteiger partial charge in [0.05, 0.1) is 6.54 Å². The van der Waals surface area contributed by atoms with Gasteiger partial charge in [0.25, 0.3) is 5.91 Å². The molecule has 0 spiro atoms. The van der Waals surface area contributed by atoms with Crippen LogP contribution in [-0.2, 0) is 4.79 Å². The summed E-state index contributed by atoms with van der Waals surface area (Å²) in [5.74, 6) is 0.796. The number of piperazine rings is 1. The van der Waals surface area contributed by atoms with Crippen LogP contribution in [0.1, 0.15) is 16.5 Å². The second-order valence-electron chi connectivity index (χ2n) is 8.03. The fourth-order valence-corrected chi connectivity index (χ4v) is 5.54. The van der Waals surface area contributed by atoms with E-state index in [1.54, 1.807) is 28.8 Å². The highest BCUT2D eigenvalue weighted by atomic mass is 32.2. The van der Waals surface area contributed by atoms with Gasteiger partial charge in [-0.3, -0.25) is 4.79 Å². The van der Waals surface area contributed by atoms with Gasteiger partial charge in [0.2, 0.25) is 0 Å². The average molecular weight is 428 g/mol. The van der Waals surface area contributed by atoms with Gasteiger partial charge in [-0.15, -0.1) is 11.8 Å². The molecule has 4 nitrogen and oxygen atoms in total. The molecule has 0 unspecified atom stereocenters. The van der Waals surface area contributed by atoms with Gasteiger partial charge in [-0.05, 0) is 17.7 Å². The Kier molecular flexibility index (Phi) is 7.20. The molecular weight excluding hydrogens is 397 g/mol. The summed E-state index contributed by atoms with van der Waals surface area (Å²) >= 11 is 1.66. The third-order valence-corrected chi connectivity index (χ3v) is 7.21. The van der Waals surface area contributed by atoms with E-state index in [1.165, 1.54) is 16.5 Å². The van der Waals surface area contributed by atoms with Crippen molar-refractivity contribution in [2.24, 2.45) is 0 Å². The molecule has 2 aromatic carbocycles. The van der Waals surface area contributed by atoms with E-state index in [0.717, 1.165) is 38.5 Å². The van der Waals surface area contributed by atoms with Crippen molar-refractivity contribution in [2.45, 2.75) is 5.37 Å². The number of carbonyl (C=O) groups is 1. The second-order valence-corrected chi connectivity index (χ2v) is 9.21. The standard InChI is InChI=1S/C24H28FN3OS/c25-22-11-5-4-10-21(22)24-28(17-18-30-24)23(29)19-27-15-13-26(14-16-27)12-6-9-20-7-2-1-3-8-20/h1-11,24H,12-19H2/p+2/b9-6+/t24-/m0/s1. The Morgan fingerprint density at radius 3 is 2.50 bits per heavy atom. The van der Waals surface area contributed by atoms with Crippen molar-refractivity contribution in [3.8, 4) is 0 Å². The Labute approximate surface area is 182 Å². The van der Waals surface area contributed by atoms with Crippen molar-refractivity contribution in [2.75, 3.05) is 51.6 Å². The van der Waals surface area contributed by atoms with E-state index in [-0.39, 0.29) is 17.1 Å². The quantitative estimate of drug-likeness (QED) is 0.717. The molecule has 2 aliphatic rings. The summed E-state index contributed by atoms with van der Waals surface area (Å²) in [7, 11) is 0. The van der Waals surface area contributed by atoms with Crippen LogP contribution in [-0.4, -0.2) is 62.4 Å². The Morgan fingerprint density at radius 1 is 1.03 bits per heavy atom. The number of benzene rings is 2. The largest absolute Gasteiger partial charge is 0.322 e. The fourth-order valence-electron chi connectivity index (χ4n) is 4.24. The summed E-state index contributed by atoms with van der Waals surface area (Å²) in [5, 5.41) is -0.187. The Morgan fingerprint density at radius 2 is 1.73 bits per heavy atom. The van der Waals surface area contributed by atoms with Gasteiger partial charge < -0.3 is 14.7 Å². The number of quaternary nitrogens is 2. The Hall–Kier alpha value is -2.15. The maximum Gasteiger partial charge on any atom is 0.278 e. The van der Waals surface area contributed by atoms with E-state index in [2.05, 4.69) is 36.4 Å². The number of nitrogens with zero attached hydrogens (tertiary/aromatic N) is 1. The van der Waals surface area contributed by atoms with Crippen LogP contribution >= 0.6 is 11.8 Å². The minimum atomic E-state index is -0.220. The maximum atomic E-state index is 14.2. The lowest BCUT2D eigenvalue weighted by atomic mass is 10.2. The van der Waals surface area contributed by atoms with E-state index in [4.69, 9.17) is 0 Å². The van der Waals surface area contributed by atoms with Gasteiger partial charge in [-0.2, -0.15) is 0 Å². The highest BCUT2D eigenvalue weighted by molar-refractivity contribution is 7.99. The summed E-state index contributed by atoms with van der Waals surface area (Å²) in [4.78, 5) is 17.8. The van der Waals surface area contributed by atoms with Crippen LogP contribution in [0.5, 0.6) is 0 Å². The number of hydrogen-bond acceptors (Lipinski definition) is 2. The molecule has 0 saturated carbocycles. The molecule has 0 aromatic heterocycles. The van der Waals surface area contributed by atoms with Crippen molar-refractivity contribution in [3.63, 3.8) is 0 Å². The van der Waals surface area contributed by atoms with Crippen molar-refractivity contribution in [1.29, 1.82) is 0 Å². The van der Waals surface area contributed by atoms with Crippen LogP contribution in [0.3, 0.4) is 0 Å². The van der Waals surface area contributed by atoms with Gasteiger partial charge in [0, 0.05) is 17.9 Å². The number of thioether (sulfide) groups is 1. The number of hydrogen-bond donors (Lipinski definition) is 2. The first-order valence-corrected chi connectivity index (χ1v) is 11.8. The minimum Gasteiger partial charge on any atom is -0.322 e. The number of rotatable bonds is 6. The first kappa shape index (κ1) is 21.1. The van der Waals surface area contributed by atoms with Crippen LogP contribution in [0.15, 0.2) is 60.7 Å². The molecule has 2 aromatic rings. The van der Waals surface area contributed by atoms with E-state index in [9.17, 15) is 9.18 Å². The molecule has 2 heterocycles. The predicted molar refractivity (Wildman–Crippen MR) is 120 cm³/mol. The smallest absolute Gasteiger partial charge is 0.278 e. The van der Waals surface area contributed by atoms with Gasteiger partial charge in [-0.1, -0.05) is 54.6 Å². The second kappa shape index (κ2) is 10.2. The highest BCUT2D eigenvalue weighted by Crippen LogP contribution is 2.38. The van der Waals surface area contributed by atoms with Gasteiger partial charge >= 0.3 is 0 Å². The molecule has 2 aliphatic heterocycles. The normalized spacial score (nSPS) is 24.4. The topological polar surface area (TPSA) is 29.2 Å². The summed E-state index contributed by atoms with van der Waals surface area (Å²) in [6.45, 7) is 6.40. The zero-order valence-corrected chi connectivity index (χ0v) is 18.0. The van der Waals surface area contributed by atoms with Crippen molar-refractivity contribution >= 4 is 23.7 Å². The molecule has 1 atom stereocenters. The van der Waals surface area contributed by atoms with Gasteiger partial charge in [0.1, 0.15) is 37.4 Å². The lowest BCUT2D eigenvalue weighted by Crippen LogP contribution is -3.28. The Balaban J connectivity index is 1.25. The molecule has 30 heavy (non-hydrogen) atoms. The van der Waals surface area contributed by atoms with Crippen molar-refractivity contribution in [3.05, 3.63) is 77.6 Å². The fraction of sp³-hybridized carbons (Fsp3) is 0.375. The van der Waals surface area contributed by atoms with Gasteiger partial charge in [-0.25, -0.2) is 4.39 Å². The van der Waals surface area contributed by atoms with Crippen molar-refractivity contribution < 1.29 is 19.0 Å². The molecule has 6 heteroatoms. The number of carbonyl (C=O) groups excluding carboxylic acids is 1. The van der Waals surface area contributed by atoms with Crippen LogP contribution in [0.2, 0.25) is 0 Å². The van der Waals surface area contributed by atoms with E-state index >= 15 is 0 Å². The summed E-state index contributed by atoms with van der Waals surface area (Å²) in [5.41, 5.74) is 1.86. The SMILES string of the molecule is O=C(C[NH+]1CC[NH+](C/C=C/c2ccccc2)CC1)N1CCS[C@H]1c1ccccc1F. The molecule has 0 bridgehead atoms. The monoisotopic (exact) mass is 427 g/mol. The minimum absolute atomic E-state index is 0.149. The number of halogens is 1. The molecular formula is C24H30FN3OS+2. The predicted octanol–water partition coefficient (Wildman–Crippen LogP) is 0.897. The lowest BCUT2D eigenvalue weighted by Gasteiger charge is -2.31. The zero-order chi connectivity index (χ0) is 20.8. The summed E-state index contributed by atoms with van der Waals surface area (Å²) < 4.78 is 14.2. The molecule has 4 rings (SSSR count). The average Bonchev–Trinajstić information content (AvgIpc) is 3.26. The zero-order valence-electron chi connectivity index (χ0n) is 17.2. The van der Waals surface area contributed by atoms with Crippen LogP contribution in [0, 0.1) is 5.82 Å². The lowest BCUT2D eigenvalue weighted by molar-refractivity contribution is -1.01. The maximum absolute atomic E-state index is 14.2. The molecule has 1 amide bonds. The molecule has 2 N–H and O–H groups in total. The van der Waals surface area contributed by atoms with E-state index < -0.39 is 0 Å². The first-order chi connectivity index (χ1) is 14.7. The molecule has 0 aliphatic carbocycles. The molecule has 158 valence electrons. The van der Waals surface area contributed by atoms with Gasteiger partial charge in [0.15, 0.2) is 6.54 Å². The first-order valence-electron chi connectivity index (χ1n) is 10.7. The van der Waals surface area contributed by atoms with Crippen LogP contribution in [0.25, 0.3) is 6.08 Å². The summed E-state index contributed by atoms with van der Waals surface area (Å²) in [6, 6.07) is 17.2. The number of nitrogens with one attached hydrogen (secondary N) is 2. The van der Waals surface area contributed by atoms with E-state index in [1.807, 2.05) is 17.0 Å².